The van der Waals surface area contributed by atoms with Gasteiger partial charge in [0.1, 0.15) is 17.3 Å². The molecule has 0 radical (unpaired) electrons. The van der Waals surface area contributed by atoms with Crippen LogP contribution in [0.2, 0.25) is 0 Å². The second-order valence-corrected chi connectivity index (χ2v) is 9.48. The summed E-state index contributed by atoms with van der Waals surface area (Å²) in [6, 6.07) is 12.7. The number of hydrogen-bond donors (Lipinski definition) is 6. The number of allylic oxidation sites excluding steroid dienone is 1. The zero-order valence-electron chi connectivity index (χ0n) is 22.5. The molecule has 1 amide bonds. The third-order valence-corrected chi connectivity index (χ3v) is 6.48. The molecule has 0 unspecified atom stereocenters. The number of aromatic nitrogens is 4. The highest BCUT2D eigenvalue weighted by atomic mass is 16.3. The molecule has 39 heavy (non-hydrogen) atoms. The zero-order chi connectivity index (χ0) is 27.6. The normalized spacial score (nSPS) is 13.4. The van der Waals surface area contributed by atoms with Crippen molar-refractivity contribution in [3.05, 3.63) is 71.3 Å². The Bertz CT molecular complexity index is 1280. The Morgan fingerprint density at radius 3 is 2.64 bits per heavy atom. The first kappa shape index (κ1) is 27.8. The Morgan fingerprint density at radius 2 is 1.92 bits per heavy atom. The number of H-pyrrole nitrogens is 1. The number of carbonyl (C=O) groups excluding carboxylic acids is 1. The van der Waals surface area contributed by atoms with E-state index in [1.54, 1.807) is 18.2 Å². The summed E-state index contributed by atoms with van der Waals surface area (Å²) in [5.74, 6) is 1.32. The van der Waals surface area contributed by atoms with Crippen LogP contribution in [-0.4, -0.2) is 74.5 Å². The maximum absolute atomic E-state index is 12.9. The molecule has 0 bridgehead atoms. The highest BCUT2D eigenvalue weighted by molar-refractivity contribution is 6.06. The van der Waals surface area contributed by atoms with Crippen molar-refractivity contribution in [2.24, 2.45) is 0 Å². The molecule has 206 valence electrons. The molecule has 0 aliphatic heterocycles. The molecule has 1 saturated carbocycles. The number of carbonyl (C=O) groups is 1. The summed E-state index contributed by atoms with van der Waals surface area (Å²) in [5, 5.41) is 35.0. The third kappa shape index (κ3) is 8.37. The maximum Gasteiger partial charge on any atom is 0.270 e. The first-order valence-electron chi connectivity index (χ1n) is 13.4. The average molecular weight is 532 g/mol. The molecule has 3 aromatic rings. The van der Waals surface area contributed by atoms with Gasteiger partial charge in [-0.05, 0) is 44.5 Å². The minimum Gasteiger partial charge on any atom is -0.510 e. The lowest BCUT2D eigenvalue weighted by atomic mass is 10.1. The number of anilines is 3. The summed E-state index contributed by atoms with van der Waals surface area (Å²) in [6.45, 7) is 7.61. The predicted octanol–water partition coefficient (Wildman–Crippen LogP) is 4.20. The van der Waals surface area contributed by atoms with Crippen LogP contribution in [0.25, 0.3) is 0 Å². The van der Waals surface area contributed by atoms with E-state index in [0.29, 0.717) is 29.7 Å². The van der Waals surface area contributed by atoms with Crippen LogP contribution in [0.5, 0.6) is 0 Å². The standard InChI is InChI=1S/C28H37N9O2/c1-3-37(4-2)14-8-13-30-27(39)24-17-25(33-26-16-23(35-36-26)20-11-12-20)34-28(32-24)31-18-21(38)15-22(29)19-9-6-5-7-10-19/h5-7,9-10,15-17,20,29,38H,3-4,8,11-14,18H2,1-2H3,(H,30,39)(H3,31,32,33,34,35,36)/b21-15-,29-22?. The van der Waals surface area contributed by atoms with E-state index in [4.69, 9.17) is 5.41 Å². The van der Waals surface area contributed by atoms with Gasteiger partial charge in [0.2, 0.25) is 5.95 Å². The van der Waals surface area contributed by atoms with Crippen molar-refractivity contribution in [3.63, 3.8) is 0 Å². The Balaban J connectivity index is 1.44. The molecule has 0 saturated heterocycles. The highest BCUT2D eigenvalue weighted by Gasteiger charge is 2.25. The SMILES string of the molecule is CCN(CC)CCCNC(=O)c1cc(Nc2cc(C3CC3)[nH]n2)nc(NC/C(O)=C/C(=N)c2ccccc2)n1. The van der Waals surface area contributed by atoms with Crippen LogP contribution in [0.3, 0.4) is 0 Å². The minimum atomic E-state index is -0.311. The lowest BCUT2D eigenvalue weighted by Gasteiger charge is -2.17. The summed E-state index contributed by atoms with van der Waals surface area (Å²) >= 11 is 0. The van der Waals surface area contributed by atoms with E-state index in [9.17, 15) is 9.90 Å². The number of hydrogen-bond acceptors (Lipinski definition) is 9. The number of aromatic amines is 1. The van der Waals surface area contributed by atoms with Crippen LogP contribution in [0, 0.1) is 5.41 Å². The fourth-order valence-electron chi connectivity index (χ4n) is 4.07. The van der Waals surface area contributed by atoms with Gasteiger partial charge < -0.3 is 31.4 Å². The van der Waals surface area contributed by atoms with Crippen LogP contribution in [-0.2, 0) is 0 Å². The van der Waals surface area contributed by atoms with Crippen molar-refractivity contribution < 1.29 is 9.90 Å². The molecule has 0 atom stereocenters. The van der Waals surface area contributed by atoms with Crippen LogP contribution < -0.4 is 16.0 Å². The zero-order valence-corrected chi connectivity index (χ0v) is 22.5. The lowest BCUT2D eigenvalue weighted by Crippen LogP contribution is -2.30. The number of amides is 1. The average Bonchev–Trinajstić information content (AvgIpc) is 3.70. The van der Waals surface area contributed by atoms with Crippen LogP contribution in [0.1, 0.15) is 60.8 Å². The van der Waals surface area contributed by atoms with E-state index in [-0.39, 0.29) is 35.6 Å². The molecular weight excluding hydrogens is 494 g/mol. The predicted molar refractivity (Wildman–Crippen MR) is 153 cm³/mol. The quantitative estimate of drug-likeness (QED) is 0.0968. The van der Waals surface area contributed by atoms with E-state index in [0.717, 1.165) is 44.6 Å². The second-order valence-electron chi connectivity index (χ2n) is 9.48. The second kappa shape index (κ2) is 13.5. The van der Waals surface area contributed by atoms with E-state index in [2.05, 4.69) is 54.9 Å². The third-order valence-electron chi connectivity index (χ3n) is 6.48. The van der Waals surface area contributed by atoms with Gasteiger partial charge in [-0.25, -0.2) is 4.98 Å². The number of nitrogens with one attached hydrogen (secondary N) is 5. The van der Waals surface area contributed by atoms with Crippen molar-refractivity contribution in [3.8, 4) is 0 Å². The van der Waals surface area contributed by atoms with Crippen LogP contribution in [0.4, 0.5) is 17.6 Å². The Labute approximate surface area is 228 Å². The molecule has 1 aliphatic carbocycles. The van der Waals surface area contributed by atoms with Crippen molar-refractivity contribution in [2.45, 2.75) is 39.0 Å². The van der Waals surface area contributed by atoms with Crippen LogP contribution >= 0.6 is 0 Å². The molecule has 0 spiro atoms. The van der Waals surface area contributed by atoms with Crippen molar-refractivity contribution in [1.82, 2.24) is 30.4 Å². The summed E-state index contributed by atoms with van der Waals surface area (Å²) < 4.78 is 0. The number of nitrogens with zero attached hydrogens (tertiary/aromatic N) is 4. The summed E-state index contributed by atoms with van der Waals surface area (Å²) in [5.41, 5.74) is 2.14. The van der Waals surface area contributed by atoms with E-state index in [1.807, 2.05) is 24.3 Å². The molecule has 2 heterocycles. The summed E-state index contributed by atoms with van der Waals surface area (Å²) in [4.78, 5) is 24.1. The fraction of sp³-hybridized carbons (Fsp3) is 0.393. The van der Waals surface area contributed by atoms with Gasteiger partial charge in [-0.2, -0.15) is 10.1 Å². The number of rotatable bonds is 15. The molecule has 1 aromatic carbocycles. The number of aliphatic hydroxyl groups excluding tert-OH is 1. The lowest BCUT2D eigenvalue weighted by molar-refractivity contribution is 0.0947. The smallest absolute Gasteiger partial charge is 0.270 e. The Kier molecular flexibility index (Phi) is 9.63. The topological polar surface area (TPSA) is 155 Å². The van der Waals surface area contributed by atoms with E-state index < -0.39 is 0 Å². The molecule has 4 rings (SSSR count). The van der Waals surface area contributed by atoms with Gasteiger partial charge in [0.05, 0.1) is 12.3 Å². The van der Waals surface area contributed by atoms with Gasteiger partial charge in [-0.1, -0.05) is 44.2 Å². The van der Waals surface area contributed by atoms with E-state index in [1.165, 1.54) is 6.08 Å². The number of aliphatic hydroxyl groups is 1. The van der Waals surface area contributed by atoms with Gasteiger partial charge in [-0.3, -0.25) is 9.89 Å². The summed E-state index contributed by atoms with van der Waals surface area (Å²) in [6.07, 6.45) is 4.51. The van der Waals surface area contributed by atoms with Crippen molar-refractivity contribution in [2.75, 3.05) is 43.4 Å². The van der Waals surface area contributed by atoms with E-state index >= 15 is 0 Å². The van der Waals surface area contributed by atoms with Gasteiger partial charge in [0.25, 0.3) is 5.91 Å². The highest BCUT2D eigenvalue weighted by Crippen LogP contribution is 2.39. The first-order chi connectivity index (χ1) is 18.9. The molecule has 1 fully saturated rings. The fourth-order valence-corrected chi connectivity index (χ4v) is 4.07. The maximum atomic E-state index is 12.9. The number of benzene rings is 1. The molecule has 11 nitrogen and oxygen atoms in total. The molecular formula is C28H37N9O2. The van der Waals surface area contributed by atoms with Gasteiger partial charge in [0.15, 0.2) is 5.82 Å². The largest absolute Gasteiger partial charge is 0.510 e. The van der Waals surface area contributed by atoms with Gasteiger partial charge >= 0.3 is 0 Å². The summed E-state index contributed by atoms with van der Waals surface area (Å²) in [7, 11) is 0. The molecule has 2 aromatic heterocycles. The van der Waals surface area contributed by atoms with Gasteiger partial charge in [0, 0.05) is 36.4 Å². The molecule has 1 aliphatic rings. The minimum absolute atomic E-state index is 0.0160. The van der Waals surface area contributed by atoms with Crippen molar-refractivity contribution >= 4 is 29.2 Å². The molecule has 11 heteroatoms. The molecule has 6 N–H and O–H groups in total. The van der Waals surface area contributed by atoms with Gasteiger partial charge in [-0.15, -0.1) is 0 Å². The van der Waals surface area contributed by atoms with Crippen molar-refractivity contribution in [1.29, 1.82) is 5.41 Å². The van der Waals surface area contributed by atoms with Crippen LogP contribution in [0.15, 0.2) is 54.3 Å². The first-order valence-corrected chi connectivity index (χ1v) is 13.4. The Morgan fingerprint density at radius 1 is 1.15 bits per heavy atom. The Hall–Kier alpha value is -4.25. The monoisotopic (exact) mass is 531 g/mol.